The molecule has 160 valence electrons. The van der Waals surface area contributed by atoms with Crippen molar-refractivity contribution in [2.75, 3.05) is 20.3 Å². The summed E-state index contributed by atoms with van der Waals surface area (Å²) in [5.41, 5.74) is 3.49. The fraction of sp³-hybridized carbons (Fsp3) is 0.478. The van der Waals surface area contributed by atoms with Crippen LogP contribution in [0.2, 0.25) is 0 Å². The molecule has 1 aliphatic carbocycles. The smallest absolute Gasteiger partial charge is 0.336 e. The number of ketones is 1. The van der Waals surface area contributed by atoms with E-state index in [0.717, 1.165) is 41.4 Å². The summed E-state index contributed by atoms with van der Waals surface area (Å²) in [4.78, 5) is 26.2. The third-order valence-corrected chi connectivity index (χ3v) is 6.42. The van der Waals surface area contributed by atoms with Crippen LogP contribution in [0.5, 0.6) is 5.75 Å². The van der Waals surface area contributed by atoms with Crippen molar-refractivity contribution in [3.8, 4) is 5.75 Å². The number of carbonyl (C=O) groups excluding carboxylic acids is 2. The fourth-order valence-electron chi connectivity index (χ4n) is 4.52. The van der Waals surface area contributed by atoms with Crippen LogP contribution in [0.1, 0.15) is 50.5 Å². The molecule has 3 aliphatic rings. The van der Waals surface area contributed by atoms with Gasteiger partial charge in [0, 0.05) is 40.0 Å². The third kappa shape index (κ3) is 4.05. The Kier molecular flexibility index (Phi) is 6.29. The molecule has 0 spiro atoms. The number of halogens is 1. The molecule has 0 radical (unpaired) electrons. The van der Waals surface area contributed by atoms with Crippen molar-refractivity contribution in [1.29, 1.82) is 0 Å². The van der Waals surface area contributed by atoms with E-state index in [9.17, 15) is 9.59 Å². The second kappa shape index (κ2) is 8.94. The molecule has 1 aromatic rings. The van der Waals surface area contributed by atoms with Crippen LogP contribution in [-0.2, 0) is 19.1 Å². The summed E-state index contributed by atoms with van der Waals surface area (Å²) in [5, 5.41) is 3.31. The standard InChI is InChI=1S/C23H26BrNO5/c1-13-20(23(27)30-12-15-5-4-10-29-15)21(16-11-14(24)8-9-19(16)28-2)22-17(25-13)6-3-7-18(22)26/h8-9,11,15,21,25H,3-7,10,12H2,1-2H3/t15-,21+/m1/s1. The summed E-state index contributed by atoms with van der Waals surface area (Å²) >= 11 is 3.52. The van der Waals surface area contributed by atoms with Gasteiger partial charge >= 0.3 is 5.97 Å². The summed E-state index contributed by atoms with van der Waals surface area (Å²) in [6.45, 7) is 2.79. The van der Waals surface area contributed by atoms with E-state index in [-0.39, 0.29) is 18.5 Å². The second-order valence-electron chi connectivity index (χ2n) is 7.89. The van der Waals surface area contributed by atoms with Gasteiger partial charge in [-0.25, -0.2) is 4.79 Å². The molecule has 30 heavy (non-hydrogen) atoms. The average Bonchev–Trinajstić information content (AvgIpc) is 3.25. The highest BCUT2D eigenvalue weighted by atomic mass is 79.9. The van der Waals surface area contributed by atoms with Gasteiger partial charge in [-0.3, -0.25) is 4.79 Å². The number of benzene rings is 1. The number of hydrogen-bond donors (Lipinski definition) is 1. The van der Waals surface area contributed by atoms with Gasteiger partial charge in [0.15, 0.2) is 5.78 Å². The average molecular weight is 476 g/mol. The summed E-state index contributed by atoms with van der Waals surface area (Å²) in [6, 6.07) is 5.65. The Labute approximate surface area is 184 Å². The number of ether oxygens (including phenoxy) is 3. The van der Waals surface area contributed by atoms with Gasteiger partial charge in [-0.2, -0.15) is 0 Å². The van der Waals surface area contributed by atoms with E-state index in [2.05, 4.69) is 21.2 Å². The fourth-order valence-corrected chi connectivity index (χ4v) is 4.90. The van der Waals surface area contributed by atoms with Crippen molar-refractivity contribution in [3.05, 3.63) is 50.8 Å². The normalized spacial score (nSPS) is 23.9. The Bertz CT molecular complexity index is 930. The Morgan fingerprint density at radius 1 is 1.30 bits per heavy atom. The van der Waals surface area contributed by atoms with Gasteiger partial charge in [0.1, 0.15) is 12.4 Å². The largest absolute Gasteiger partial charge is 0.496 e. The highest BCUT2D eigenvalue weighted by molar-refractivity contribution is 9.10. The molecule has 1 aromatic carbocycles. The minimum atomic E-state index is -0.529. The molecule has 0 aromatic heterocycles. The molecule has 0 bridgehead atoms. The van der Waals surface area contributed by atoms with Crippen LogP contribution in [-0.4, -0.2) is 38.2 Å². The third-order valence-electron chi connectivity index (χ3n) is 5.92. The second-order valence-corrected chi connectivity index (χ2v) is 8.80. The van der Waals surface area contributed by atoms with E-state index in [1.165, 1.54) is 0 Å². The highest BCUT2D eigenvalue weighted by Gasteiger charge is 2.40. The lowest BCUT2D eigenvalue weighted by Gasteiger charge is -2.34. The lowest BCUT2D eigenvalue weighted by molar-refractivity contribution is -0.142. The molecule has 2 heterocycles. The lowest BCUT2D eigenvalue weighted by Crippen LogP contribution is -2.35. The number of methoxy groups -OCH3 is 1. The number of dihydropyridines is 1. The van der Waals surface area contributed by atoms with E-state index in [4.69, 9.17) is 14.2 Å². The molecule has 0 amide bonds. The van der Waals surface area contributed by atoms with Crippen LogP contribution in [0.15, 0.2) is 45.2 Å². The van der Waals surface area contributed by atoms with Gasteiger partial charge in [-0.05, 0) is 50.8 Å². The number of rotatable bonds is 5. The Morgan fingerprint density at radius 2 is 2.13 bits per heavy atom. The van der Waals surface area contributed by atoms with Gasteiger partial charge in [0.25, 0.3) is 0 Å². The van der Waals surface area contributed by atoms with Crippen molar-refractivity contribution >= 4 is 27.7 Å². The Morgan fingerprint density at radius 3 is 2.87 bits per heavy atom. The predicted molar refractivity (Wildman–Crippen MR) is 115 cm³/mol. The molecule has 6 nitrogen and oxygen atoms in total. The van der Waals surface area contributed by atoms with Crippen LogP contribution in [0, 0.1) is 0 Å². The van der Waals surface area contributed by atoms with Crippen LogP contribution in [0.25, 0.3) is 0 Å². The zero-order valence-electron chi connectivity index (χ0n) is 17.3. The minimum Gasteiger partial charge on any atom is -0.496 e. The first kappa shape index (κ1) is 21.1. The maximum atomic E-state index is 13.3. The van der Waals surface area contributed by atoms with E-state index in [1.807, 2.05) is 25.1 Å². The van der Waals surface area contributed by atoms with Crippen molar-refractivity contribution < 1.29 is 23.8 Å². The number of hydrogen-bond acceptors (Lipinski definition) is 6. The SMILES string of the molecule is COc1ccc(Br)cc1[C@H]1C(C(=O)OC[C@H]2CCCO2)=C(C)NC2=C1C(=O)CCC2. The zero-order valence-corrected chi connectivity index (χ0v) is 18.8. The number of Topliss-reactive ketones (excluding diaryl/α,β-unsaturated/α-hetero) is 1. The quantitative estimate of drug-likeness (QED) is 0.644. The maximum Gasteiger partial charge on any atom is 0.336 e. The molecule has 0 saturated carbocycles. The van der Waals surface area contributed by atoms with E-state index < -0.39 is 11.9 Å². The topological polar surface area (TPSA) is 73.9 Å². The molecule has 1 N–H and O–H groups in total. The molecular weight excluding hydrogens is 450 g/mol. The summed E-state index contributed by atoms with van der Waals surface area (Å²) in [5.74, 6) is -0.258. The van der Waals surface area contributed by atoms with Crippen LogP contribution >= 0.6 is 15.9 Å². The predicted octanol–water partition coefficient (Wildman–Crippen LogP) is 4.15. The Hall–Kier alpha value is -2.12. The molecule has 2 atom stereocenters. The van der Waals surface area contributed by atoms with Gasteiger partial charge in [0.05, 0.1) is 24.7 Å². The van der Waals surface area contributed by atoms with Crippen LogP contribution in [0.4, 0.5) is 0 Å². The Balaban J connectivity index is 1.76. The van der Waals surface area contributed by atoms with Gasteiger partial charge < -0.3 is 19.5 Å². The van der Waals surface area contributed by atoms with Crippen molar-refractivity contribution in [2.24, 2.45) is 0 Å². The molecule has 4 rings (SSSR count). The summed E-state index contributed by atoms with van der Waals surface area (Å²) in [7, 11) is 1.60. The minimum absolute atomic E-state index is 0.0589. The zero-order chi connectivity index (χ0) is 21.3. The highest BCUT2D eigenvalue weighted by Crippen LogP contribution is 2.45. The first-order chi connectivity index (χ1) is 14.5. The molecule has 0 unspecified atom stereocenters. The monoisotopic (exact) mass is 475 g/mol. The van der Waals surface area contributed by atoms with E-state index >= 15 is 0 Å². The molecule has 2 aliphatic heterocycles. The number of esters is 1. The van der Waals surface area contributed by atoms with Crippen LogP contribution in [0.3, 0.4) is 0 Å². The summed E-state index contributed by atoms with van der Waals surface area (Å²) in [6.07, 6.45) is 3.87. The molecular formula is C23H26BrNO5. The van der Waals surface area contributed by atoms with E-state index in [1.54, 1.807) is 7.11 Å². The van der Waals surface area contributed by atoms with Crippen molar-refractivity contribution in [2.45, 2.75) is 51.0 Å². The number of nitrogens with one attached hydrogen (secondary N) is 1. The van der Waals surface area contributed by atoms with Crippen molar-refractivity contribution in [1.82, 2.24) is 5.32 Å². The molecule has 1 fully saturated rings. The number of allylic oxidation sites excluding steroid dienone is 3. The maximum absolute atomic E-state index is 13.3. The van der Waals surface area contributed by atoms with E-state index in [0.29, 0.717) is 35.6 Å². The van der Waals surface area contributed by atoms with Gasteiger partial charge in [-0.1, -0.05) is 15.9 Å². The number of carbonyl (C=O) groups is 2. The van der Waals surface area contributed by atoms with Crippen LogP contribution < -0.4 is 10.1 Å². The lowest BCUT2D eigenvalue weighted by atomic mass is 9.75. The molecule has 1 saturated heterocycles. The van der Waals surface area contributed by atoms with Gasteiger partial charge in [-0.15, -0.1) is 0 Å². The first-order valence-electron chi connectivity index (χ1n) is 10.4. The summed E-state index contributed by atoms with van der Waals surface area (Å²) < 4.78 is 17.7. The van der Waals surface area contributed by atoms with Gasteiger partial charge in [0.2, 0.25) is 0 Å². The van der Waals surface area contributed by atoms with Crippen molar-refractivity contribution in [3.63, 3.8) is 0 Å². The molecule has 7 heteroatoms. The first-order valence-corrected chi connectivity index (χ1v) is 11.1.